The number of aromatic nitrogens is 2. The SMILES string of the molecule is Cc1ccc(N2C[C@@H](C(=O)NCCc3cnn(-c4ccccc4)c3)CC2=O)cc1F. The van der Waals surface area contributed by atoms with Gasteiger partial charge in [-0.1, -0.05) is 24.3 Å². The van der Waals surface area contributed by atoms with Gasteiger partial charge in [-0.25, -0.2) is 9.07 Å². The lowest BCUT2D eigenvalue weighted by Crippen LogP contribution is -2.34. The van der Waals surface area contributed by atoms with Crippen LogP contribution in [0, 0.1) is 18.7 Å². The summed E-state index contributed by atoms with van der Waals surface area (Å²) in [7, 11) is 0. The molecule has 6 nitrogen and oxygen atoms in total. The van der Waals surface area contributed by atoms with Crippen molar-refractivity contribution in [3.63, 3.8) is 0 Å². The van der Waals surface area contributed by atoms with Crippen LogP contribution in [0.15, 0.2) is 60.9 Å². The zero-order valence-electron chi connectivity index (χ0n) is 16.7. The van der Waals surface area contributed by atoms with E-state index in [1.807, 2.05) is 36.5 Å². The van der Waals surface area contributed by atoms with E-state index in [-0.39, 0.29) is 30.6 Å². The summed E-state index contributed by atoms with van der Waals surface area (Å²) >= 11 is 0. The van der Waals surface area contributed by atoms with E-state index < -0.39 is 5.92 Å². The minimum absolute atomic E-state index is 0.132. The summed E-state index contributed by atoms with van der Waals surface area (Å²) in [6, 6.07) is 14.5. The molecule has 2 amide bonds. The number of benzene rings is 2. The maximum Gasteiger partial charge on any atom is 0.227 e. The van der Waals surface area contributed by atoms with Crippen LogP contribution >= 0.6 is 0 Å². The molecule has 3 aromatic rings. The van der Waals surface area contributed by atoms with Crippen molar-refractivity contribution >= 4 is 17.5 Å². The third-order valence-electron chi connectivity index (χ3n) is 5.33. The molecule has 0 spiro atoms. The van der Waals surface area contributed by atoms with Gasteiger partial charge in [0.2, 0.25) is 11.8 Å². The number of aryl methyl sites for hydroxylation is 1. The fourth-order valence-electron chi connectivity index (χ4n) is 3.57. The summed E-state index contributed by atoms with van der Waals surface area (Å²) in [5.74, 6) is -1.12. The Morgan fingerprint density at radius 2 is 2.00 bits per heavy atom. The van der Waals surface area contributed by atoms with Crippen LogP contribution in [0.3, 0.4) is 0 Å². The van der Waals surface area contributed by atoms with Gasteiger partial charge in [0.15, 0.2) is 0 Å². The molecule has 1 saturated heterocycles. The Kier molecular flexibility index (Phi) is 5.61. The predicted molar refractivity (Wildman–Crippen MR) is 112 cm³/mol. The van der Waals surface area contributed by atoms with Crippen LogP contribution < -0.4 is 10.2 Å². The van der Waals surface area contributed by atoms with Crippen molar-refractivity contribution in [1.29, 1.82) is 0 Å². The summed E-state index contributed by atoms with van der Waals surface area (Å²) in [6.45, 7) is 2.40. The van der Waals surface area contributed by atoms with E-state index in [0.717, 1.165) is 11.3 Å². The maximum absolute atomic E-state index is 13.8. The van der Waals surface area contributed by atoms with Gasteiger partial charge in [0.1, 0.15) is 5.82 Å². The molecule has 0 radical (unpaired) electrons. The predicted octanol–water partition coefficient (Wildman–Crippen LogP) is 3.03. The number of nitrogens with one attached hydrogen (secondary N) is 1. The third kappa shape index (κ3) is 4.25. The standard InChI is InChI=1S/C23H23FN4O2/c1-16-7-8-20(12-21(16)24)27-15-18(11-22(27)29)23(30)25-10-9-17-13-26-28(14-17)19-5-3-2-4-6-19/h2-8,12-14,18H,9-11,15H2,1H3,(H,25,30)/t18-/m0/s1. The topological polar surface area (TPSA) is 67.2 Å². The Hall–Kier alpha value is -3.48. The van der Waals surface area contributed by atoms with E-state index in [9.17, 15) is 14.0 Å². The first kappa shape index (κ1) is 19.8. The molecule has 4 rings (SSSR count). The van der Waals surface area contributed by atoms with Crippen molar-refractivity contribution in [1.82, 2.24) is 15.1 Å². The lowest BCUT2D eigenvalue weighted by atomic mass is 10.1. The molecule has 0 saturated carbocycles. The average Bonchev–Trinajstić information content (AvgIpc) is 3.38. The fraction of sp³-hybridized carbons (Fsp3) is 0.261. The fourth-order valence-corrected chi connectivity index (χ4v) is 3.57. The molecule has 1 fully saturated rings. The Balaban J connectivity index is 1.30. The summed E-state index contributed by atoms with van der Waals surface area (Å²) < 4.78 is 15.6. The number of anilines is 1. The Labute approximate surface area is 174 Å². The summed E-state index contributed by atoms with van der Waals surface area (Å²) in [5, 5.41) is 7.26. The number of carbonyl (C=O) groups excluding carboxylic acids is 2. The molecule has 1 aromatic heterocycles. The van der Waals surface area contributed by atoms with E-state index in [2.05, 4.69) is 10.4 Å². The molecule has 2 aromatic carbocycles. The Morgan fingerprint density at radius 3 is 2.77 bits per heavy atom. The molecule has 1 aliphatic rings. The van der Waals surface area contributed by atoms with Crippen molar-refractivity contribution < 1.29 is 14.0 Å². The third-order valence-corrected chi connectivity index (χ3v) is 5.33. The number of carbonyl (C=O) groups is 2. The van der Waals surface area contributed by atoms with Crippen LogP contribution in [-0.2, 0) is 16.0 Å². The van der Waals surface area contributed by atoms with Gasteiger partial charge in [0, 0.05) is 31.4 Å². The van der Waals surface area contributed by atoms with Crippen LogP contribution in [0.2, 0.25) is 0 Å². The average molecular weight is 406 g/mol. The van der Waals surface area contributed by atoms with Crippen molar-refractivity contribution in [2.75, 3.05) is 18.0 Å². The monoisotopic (exact) mass is 406 g/mol. The molecule has 0 bridgehead atoms. The largest absolute Gasteiger partial charge is 0.355 e. The second-order valence-corrected chi connectivity index (χ2v) is 7.51. The summed E-state index contributed by atoms with van der Waals surface area (Å²) in [5.41, 5.74) is 3.00. The molecule has 2 heterocycles. The normalized spacial score (nSPS) is 16.1. The lowest BCUT2D eigenvalue weighted by molar-refractivity contribution is -0.126. The lowest BCUT2D eigenvalue weighted by Gasteiger charge is -2.17. The van der Waals surface area contributed by atoms with Gasteiger partial charge in [-0.3, -0.25) is 9.59 Å². The molecular formula is C23H23FN4O2. The molecule has 1 aliphatic heterocycles. The highest BCUT2D eigenvalue weighted by atomic mass is 19.1. The number of amides is 2. The van der Waals surface area contributed by atoms with Crippen molar-refractivity contribution in [3.8, 4) is 5.69 Å². The van der Waals surface area contributed by atoms with Gasteiger partial charge in [-0.2, -0.15) is 5.10 Å². The van der Waals surface area contributed by atoms with Gasteiger partial charge in [-0.15, -0.1) is 0 Å². The van der Waals surface area contributed by atoms with Crippen LogP contribution in [0.4, 0.5) is 10.1 Å². The minimum Gasteiger partial charge on any atom is -0.355 e. The van der Waals surface area contributed by atoms with Gasteiger partial charge in [-0.05, 0) is 48.7 Å². The molecule has 1 atom stereocenters. The second-order valence-electron chi connectivity index (χ2n) is 7.51. The van der Waals surface area contributed by atoms with Gasteiger partial charge in [0.25, 0.3) is 0 Å². The van der Waals surface area contributed by atoms with Crippen LogP contribution in [0.25, 0.3) is 5.69 Å². The molecule has 154 valence electrons. The number of nitrogens with zero attached hydrogens (tertiary/aromatic N) is 3. The number of halogens is 1. The van der Waals surface area contributed by atoms with Crippen molar-refractivity contribution in [2.45, 2.75) is 19.8 Å². The van der Waals surface area contributed by atoms with E-state index in [1.54, 1.807) is 29.9 Å². The molecule has 0 unspecified atom stereocenters. The van der Waals surface area contributed by atoms with Crippen molar-refractivity contribution in [3.05, 3.63) is 77.9 Å². The first-order chi connectivity index (χ1) is 14.5. The number of para-hydroxylation sites is 1. The number of rotatable bonds is 6. The molecule has 0 aliphatic carbocycles. The zero-order chi connectivity index (χ0) is 21.1. The number of hydrogen-bond acceptors (Lipinski definition) is 3. The van der Waals surface area contributed by atoms with Gasteiger partial charge >= 0.3 is 0 Å². The van der Waals surface area contributed by atoms with E-state index >= 15 is 0 Å². The zero-order valence-corrected chi connectivity index (χ0v) is 16.7. The van der Waals surface area contributed by atoms with E-state index in [1.165, 1.54) is 11.0 Å². The summed E-state index contributed by atoms with van der Waals surface area (Å²) in [6.07, 6.45) is 4.50. The first-order valence-corrected chi connectivity index (χ1v) is 9.94. The number of hydrogen-bond donors (Lipinski definition) is 1. The first-order valence-electron chi connectivity index (χ1n) is 9.94. The second kappa shape index (κ2) is 8.49. The van der Waals surface area contributed by atoms with Crippen molar-refractivity contribution in [2.24, 2.45) is 5.92 Å². The molecule has 7 heteroatoms. The smallest absolute Gasteiger partial charge is 0.227 e. The molecular weight excluding hydrogens is 383 g/mol. The minimum atomic E-state index is -0.436. The van der Waals surface area contributed by atoms with Crippen LogP contribution in [0.5, 0.6) is 0 Å². The van der Waals surface area contributed by atoms with E-state index in [0.29, 0.717) is 24.2 Å². The molecule has 30 heavy (non-hydrogen) atoms. The highest BCUT2D eigenvalue weighted by Gasteiger charge is 2.35. The van der Waals surface area contributed by atoms with E-state index in [4.69, 9.17) is 0 Å². The Bertz CT molecular complexity index is 1060. The maximum atomic E-state index is 13.8. The van der Waals surface area contributed by atoms with Gasteiger partial charge < -0.3 is 10.2 Å². The van der Waals surface area contributed by atoms with Gasteiger partial charge in [0.05, 0.1) is 17.8 Å². The Morgan fingerprint density at radius 1 is 1.20 bits per heavy atom. The molecule has 1 N–H and O–H groups in total. The quantitative estimate of drug-likeness (QED) is 0.684. The van der Waals surface area contributed by atoms with Crippen LogP contribution in [-0.4, -0.2) is 34.7 Å². The highest BCUT2D eigenvalue weighted by Crippen LogP contribution is 2.26. The highest BCUT2D eigenvalue weighted by molar-refractivity contribution is 6.00. The van der Waals surface area contributed by atoms with Crippen LogP contribution in [0.1, 0.15) is 17.5 Å². The summed E-state index contributed by atoms with van der Waals surface area (Å²) in [4.78, 5) is 26.3.